The standard InChI is InChI=1S/C11H20N2O5/c1-9(6-13-2-4-17-5-3-13)12-10(14)7-18-8-11(15)16/h9H,2-8H2,1H3,(H,12,14)(H,15,16). The molecule has 7 nitrogen and oxygen atoms in total. The summed E-state index contributed by atoms with van der Waals surface area (Å²) in [4.78, 5) is 23.8. The second-order valence-corrected chi connectivity index (χ2v) is 4.27. The number of aliphatic carboxylic acids is 1. The molecule has 1 atom stereocenters. The van der Waals surface area contributed by atoms with Crippen molar-refractivity contribution in [2.24, 2.45) is 0 Å². The van der Waals surface area contributed by atoms with Gasteiger partial charge in [0.15, 0.2) is 0 Å². The molecular weight excluding hydrogens is 240 g/mol. The average Bonchev–Trinajstić information content (AvgIpc) is 2.29. The average molecular weight is 260 g/mol. The lowest BCUT2D eigenvalue weighted by atomic mass is 10.3. The zero-order valence-electron chi connectivity index (χ0n) is 10.6. The van der Waals surface area contributed by atoms with Crippen molar-refractivity contribution in [3.8, 4) is 0 Å². The van der Waals surface area contributed by atoms with Gasteiger partial charge in [-0.25, -0.2) is 4.79 Å². The van der Waals surface area contributed by atoms with Crippen LogP contribution in [0.25, 0.3) is 0 Å². The van der Waals surface area contributed by atoms with Crippen LogP contribution in [0.2, 0.25) is 0 Å². The van der Waals surface area contributed by atoms with Crippen LogP contribution in [0.5, 0.6) is 0 Å². The highest BCUT2D eigenvalue weighted by atomic mass is 16.5. The summed E-state index contributed by atoms with van der Waals surface area (Å²) in [6, 6.07) is 0.00373. The van der Waals surface area contributed by atoms with E-state index in [1.807, 2.05) is 6.92 Å². The molecule has 1 unspecified atom stereocenters. The Hall–Kier alpha value is -1.18. The molecule has 7 heteroatoms. The summed E-state index contributed by atoms with van der Waals surface area (Å²) >= 11 is 0. The first kappa shape index (κ1) is 14.9. The molecule has 0 bridgehead atoms. The second kappa shape index (κ2) is 8.02. The Balaban J connectivity index is 2.12. The number of hydrogen-bond acceptors (Lipinski definition) is 5. The third-order valence-corrected chi connectivity index (χ3v) is 2.50. The summed E-state index contributed by atoms with van der Waals surface area (Å²) in [5, 5.41) is 11.1. The maximum Gasteiger partial charge on any atom is 0.329 e. The summed E-state index contributed by atoms with van der Waals surface area (Å²) in [6.07, 6.45) is 0. The number of amides is 1. The van der Waals surface area contributed by atoms with Gasteiger partial charge < -0.3 is 19.9 Å². The fourth-order valence-electron chi connectivity index (χ4n) is 1.76. The molecule has 0 aromatic carbocycles. The summed E-state index contributed by atoms with van der Waals surface area (Å²) < 4.78 is 9.94. The van der Waals surface area contributed by atoms with E-state index in [-0.39, 0.29) is 18.6 Å². The first-order valence-corrected chi connectivity index (χ1v) is 5.97. The number of nitrogens with zero attached hydrogens (tertiary/aromatic N) is 1. The van der Waals surface area contributed by atoms with E-state index in [1.165, 1.54) is 0 Å². The van der Waals surface area contributed by atoms with Crippen LogP contribution >= 0.6 is 0 Å². The lowest BCUT2D eigenvalue weighted by molar-refractivity contribution is -0.143. The minimum Gasteiger partial charge on any atom is -0.480 e. The summed E-state index contributed by atoms with van der Waals surface area (Å²) in [6.45, 7) is 5.18. The van der Waals surface area contributed by atoms with E-state index >= 15 is 0 Å². The number of carboxylic acids is 1. The highest BCUT2D eigenvalue weighted by Crippen LogP contribution is 1.98. The van der Waals surface area contributed by atoms with Crippen molar-refractivity contribution in [1.29, 1.82) is 0 Å². The number of carboxylic acid groups (broad SMARTS) is 1. The van der Waals surface area contributed by atoms with Crippen LogP contribution in [0, 0.1) is 0 Å². The highest BCUT2D eigenvalue weighted by Gasteiger charge is 2.15. The number of carbonyl (C=O) groups is 2. The van der Waals surface area contributed by atoms with Gasteiger partial charge in [0.2, 0.25) is 5.91 Å². The van der Waals surface area contributed by atoms with Crippen molar-refractivity contribution in [3.05, 3.63) is 0 Å². The van der Waals surface area contributed by atoms with Gasteiger partial charge in [0.05, 0.1) is 13.2 Å². The lowest BCUT2D eigenvalue weighted by Gasteiger charge is -2.29. The van der Waals surface area contributed by atoms with Gasteiger partial charge in [-0.2, -0.15) is 0 Å². The molecule has 1 rings (SSSR count). The number of carbonyl (C=O) groups excluding carboxylic acids is 1. The van der Waals surface area contributed by atoms with Gasteiger partial charge in [0, 0.05) is 25.7 Å². The largest absolute Gasteiger partial charge is 0.480 e. The van der Waals surface area contributed by atoms with Gasteiger partial charge >= 0.3 is 5.97 Å². The van der Waals surface area contributed by atoms with Crippen molar-refractivity contribution in [2.45, 2.75) is 13.0 Å². The molecule has 1 fully saturated rings. The molecule has 0 aromatic rings. The Labute approximate surface area is 106 Å². The number of nitrogens with one attached hydrogen (secondary N) is 1. The molecule has 0 aromatic heterocycles. The van der Waals surface area contributed by atoms with Crippen molar-refractivity contribution in [3.63, 3.8) is 0 Å². The molecule has 0 spiro atoms. The molecule has 104 valence electrons. The highest BCUT2D eigenvalue weighted by molar-refractivity contribution is 5.78. The molecule has 0 radical (unpaired) electrons. The van der Waals surface area contributed by atoms with E-state index in [0.717, 1.165) is 32.8 Å². The van der Waals surface area contributed by atoms with Crippen LogP contribution in [0.15, 0.2) is 0 Å². The third-order valence-electron chi connectivity index (χ3n) is 2.50. The zero-order chi connectivity index (χ0) is 13.4. The molecule has 1 aliphatic rings. The van der Waals surface area contributed by atoms with Gasteiger partial charge in [-0.3, -0.25) is 9.69 Å². The normalized spacial score (nSPS) is 18.3. The van der Waals surface area contributed by atoms with Gasteiger partial charge in [0.25, 0.3) is 0 Å². The van der Waals surface area contributed by atoms with Crippen molar-refractivity contribution in [2.75, 3.05) is 46.1 Å². The van der Waals surface area contributed by atoms with E-state index in [4.69, 9.17) is 14.6 Å². The zero-order valence-corrected chi connectivity index (χ0v) is 10.6. The summed E-state index contributed by atoms with van der Waals surface area (Å²) in [5.74, 6) is -1.37. The van der Waals surface area contributed by atoms with E-state index in [1.54, 1.807) is 0 Å². The van der Waals surface area contributed by atoms with Gasteiger partial charge in [0.1, 0.15) is 13.2 Å². The molecule has 1 aliphatic heterocycles. The van der Waals surface area contributed by atoms with Crippen LogP contribution in [0.4, 0.5) is 0 Å². The summed E-state index contributed by atoms with van der Waals surface area (Å²) in [7, 11) is 0. The molecular formula is C11H20N2O5. The molecule has 18 heavy (non-hydrogen) atoms. The molecule has 1 amide bonds. The van der Waals surface area contributed by atoms with E-state index in [9.17, 15) is 9.59 Å². The Morgan fingerprint density at radius 2 is 2.06 bits per heavy atom. The Kier molecular flexibility index (Phi) is 6.63. The first-order chi connectivity index (χ1) is 8.58. The number of ether oxygens (including phenoxy) is 2. The second-order valence-electron chi connectivity index (χ2n) is 4.27. The van der Waals surface area contributed by atoms with Crippen LogP contribution in [-0.2, 0) is 19.1 Å². The Morgan fingerprint density at radius 1 is 1.39 bits per heavy atom. The topological polar surface area (TPSA) is 88.1 Å². The molecule has 0 aliphatic carbocycles. The van der Waals surface area contributed by atoms with Crippen molar-refractivity contribution < 1.29 is 24.2 Å². The molecule has 1 saturated heterocycles. The Morgan fingerprint density at radius 3 is 2.67 bits per heavy atom. The number of rotatable bonds is 7. The monoisotopic (exact) mass is 260 g/mol. The SMILES string of the molecule is CC(CN1CCOCC1)NC(=O)COCC(=O)O. The van der Waals surface area contributed by atoms with E-state index in [2.05, 4.69) is 10.2 Å². The van der Waals surface area contributed by atoms with Gasteiger partial charge in [-0.05, 0) is 6.92 Å². The predicted molar refractivity (Wildman–Crippen MR) is 63.3 cm³/mol. The van der Waals surface area contributed by atoms with Crippen LogP contribution < -0.4 is 5.32 Å². The van der Waals surface area contributed by atoms with Crippen LogP contribution in [0.1, 0.15) is 6.92 Å². The Bertz CT molecular complexity index is 279. The smallest absolute Gasteiger partial charge is 0.329 e. The van der Waals surface area contributed by atoms with E-state index in [0.29, 0.717) is 0 Å². The van der Waals surface area contributed by atoms with Crippen LogP contribution in [0.3, 0.4) is 0 Å². The fraction of sp³-hybridized carbons (Fsp3) is 0.818. The maximum atomic E-state index is 11.4. The van der Waals surface area contributed by atoms with Crippen molar-refractivity contribution in [1.82, 2.24) is 10.2 Å². The summed E-state index contributed by atoms with van der Waals surface area (Å²) in [5.41, 5.74) is 0. The number of morpholine rings is 1. The fourth-order valence-corrected chi connectivity index (χ4v) is 1.76. The third kappa shape index (κ3) is 6.53. The van der Waals surface area contributed by atoms with Gasteiger partial charge in [-0.1, -0.05) is 0 Å². The minimum absolute atomic E-state index is 0.00373. The molecule has 0 saturated carbocycles. The van der Waals surface area contributed by atoms with Crippen LogP contribution in [-0.4, -0.2) is 74.0 Å². The minimum atomic E-state index is -1.08. The maximum absolute atomic E-state index is 11.4. The van der Waals surface area contributed by atoms with Crippen molar-refractivity contribution >= 4 is 11.9 Å². The molecule has 2 N–H and O–H groups in total. The lowest BCUT2D eigenvalue weighted by Crippen LogP contribution is -2.46. The predicted octanol–water partition coefficient (Wildman–Crippen LogP) is -1.08. The quantitative estimate of drug-likeness (QED) is 0.605. The number of hydrogen-bond donors (Lipinski definition) is 2. The van der Waals surface area contributed by atoms with Gasteiger partial charge in [-0.15, -0.1) is 0 Å². The molecule has 1 heterocycles. The van der Waals surface area contributed by atoms with E-state index < -0.39 is 12.6 Å². The first-order valence-electron chi connectivity index (χ1n) is 5.97.